The van der Waals surface area contributed by atoms with E-state index in [0.29, 0.717) is 25.5 Å². The largest absolute Gasteiger partial charge is 0.483 e. The van der Waals surface area contributed by atoms with E-state index < -0.39 is 10.0 Å². The number of aryl methyl sites for hydroxylation is 1. The molecule has 160 valence electrons. The van der Waals surface area contributed by atoms with Crippen LogP contribution in [-0.4, -0.2) is 63.4 Å². The molecule has 8 heteroatoms. The highest BCUT2D eigenvalue weighted by molar-refractivity contribution is 7.88. The first kappa shape index (κ1) is 20.6. The summed E-state index contributed by atoms with van der Waals surface area (Å²) in [5.74, 6) is 1.08. The third kappa shape index (κ3) is 4.59. The number of nitrogens with one attached hydrogen (secondary N) is 1. The zero-order valence-corrected chi connectivity index (χ0v) is 17.9. The van der Waals surface area contributed by atoms with Crippen molar-refractivity contribution in [2.24, 2.45) is 0 Å². The minimum Gasteiger partial charge on any atom is -0.483 e. The molecule has 3 heterocycles. The highest BCUT2D eigenvalue weighted by Gasteiger charge is 2.40. The van der Waals surface area contributed by atoms with Crippen LogP contribution < -0.4 is 9.46 Å². The molecule has 0 unspecified atom stereocenters. The van der Waals surface area contributed by atoms with Crippen molar-refractivity contribution in [2.75, 3.05) is 26.0 Å². The summed E-state index contributed by atoms with van der Waals surface area (Å²) >= 11 is 0. The zero-order valence-electron chi connectivity index (χ0n) is 17.1. The molecular weight excluding hydrogens is 392 g/mol. The van der Waals surface area contributed by atoms with E-state index >= 15 is 0 Å². The second-order valence-corrected chi connectivity index (χ2v) is 10.3. The Kier molecular flexibility index (Phi) is 5.86. The molecular formula is C21H30N2O5S. The monoisotopic (exact) mass is 422 g/mol. The van der Waals surface area contributed by atoms with Gasteiger partial charge >= 0.3 is 0 Å². The van der Waals surface area contributed by atoms with Crippen LogP contribution in [0.4, 0.5) is 0 Å². The van der Waals surface area contributed by atoms with Gasteiger partial charge in [0.2, 0.25) is 10.0 Å². The number of carbonyl (C=O) groups excluding carboxylic acids is 1. The predicted molar refractivity (Wildman–Crippen MR) is 110 cm³/mol. The van der Waals surface area contributed by atoms with Crippen molar-refractivity contribution in [3.05, 3.63) is 29.3 Å². The molecule has 2 bridgehead atoms. The van der Waals surface area contributed by atoms with Gasteiger partial charge in [-0.3, -0.25) is 4.79 Å². The first-order valence-corrected chi connectivity index (χ1v) is 12.3. The Bertz CT molecular complexity index is 864. The number of ether oxygens (including phenoxy) is 2. The Morgan fingerprint density at radius 1 is 1.14 bits per heavy atom. The van der Waals surface area contributed by atoms with Crippen LogP contribution in [0, 0.1) is 6.92 Å². The Morgan fingerprint density at radius 2 is 1.90 bits per heavy atom. The maximum atomic E-state index is 13.0. The quantitative estimate of drug-likeness (QED) is 0.787. The van der Waals surface area contributed by atoms with Gasteiger partial charge in [-0.15, -0.1) is 0 Å². The van der Waals surface area contributed by atoms with Crippen molar-refractivity contribution < 1.29 is 22.7 Å². The van der Waals surface area contributed by atoms with Crippen molar-refractivity contribution in [1.29, 1.82) is 0 Å². The maximum Gasteiger partial charge on any atom is 0.260 e. The number of carbonyl (C=O) groups is 1. The molecule has 1 N–H and O–H groups in total. The van der Waals surface area contributed by atoms with Crippen molar-refractivity contribution in [2.45, 2.75) is 63.1 Å². The summed E-state index contributed by atoms with van der Waals surface area (Å²) in [6, 6.07) is 5.38. The number of sulfonamides is 1. The van der Waals surface area contributed by atoms with Crippen molar-refractivity contribution in [1.82, 2.24) is 9.62 Å². The molecule has 1 aromatic rings. The first-order chi connectivity index (χ1) is 13.8. The van der Waals surface area contributed by atoms with Gasteiger partial charge in [0.05, 0.1) is 25.0 Å². The molecule has 2 atom stereocenters. The molecule has 1 saturated heterocycles. The maximum absolute atomic E-state index is 13.0. The van der Waals surface area contributed by atoms with Crippen LogP contribution in [0.5, 0.6) is 5.75 Å². The Hall–Kier alpha value is -1.64. The van der Waals surface area contributed by atoms with Crippen LogP contribution in [0.3, 0.4) is 0 Å². The highest BCUT2D eigenvalue weighted by atomic mass is 32.2. The number of amides is 1. The summed E-state index contributed by atoms with van der Waals surface area (Å²) in [4.78, 5) is 14.7. The molecule has 3 aliphatic heterocycles. The number of benzene rings is 1. The smallest absolute Gasteiger partial charge is 0.260 e. The van der Waals surface area contributed by atoms with E-state index in [9.17, 15) is 13.2 Å². The molecule has 1 aliphatic carbocycles. The second kappa shape index (κ2) is 8.24. The molecule has 5 rings (SSSR count). The fourth-order valence-electron chi connectivity index (χ4n) is 5.06. The van der Waals surface area contributed by atoms with Gasteiger partial charge in [-0.05, 0) is 56.6 Å². The lowest BCUT2D eigenvalue weighted by atomic mass is 9.80. The topological polar surface area (TPSA) is 84.9 Å². The van der Waals surface area contributed by atoms with Crippen molar-refractivity contribution in [3.63, 3.8) is 0 Å². The number of hydrogen-bond donors (Lipinski definition) is 1. The summed E-state index contributed by atoms with van der Waals surface area (Å²) in [5, 5.41) is 0. The summed E-state index contributed by atoms with van der Waals surface area (Å²) in [5.41, 5.74) is 2.42. The minimum atomic E-state index is -3.36. The number of fused-ring (bicyclic) bond motifs is 5. The number of nitrogens with zero attached hydrogens (tertiary/aromatic N) is 1. The first-order valence-electron chi connectivity index (χ1n) is 10.4. The van der Waals surface area contributed by atoms with Gasteiger partial charge in [-0.1, -0.05) is 12.1 Å². The molecule has 0 aromatic heterocycles. The molecule has 1 aromatic carbocycles. The van der Waals surface area contributed by atoms with E-state index in [4.69, 9.17) is 9.47 Å². The fraction of sp³-hybridized carbons (Fsp3) is 0.667. The van der Waals surface area contributed by atoms with Gasteiger partial charge in [0, 0.05) is 18.2 Å². The van der Waals surface area contributed by atoms with E-state index in [1.54, 1.807) is 4.90 Å². The molecule has 29 heavy (non-hydrogen) atoms. The van der Waals surface area contributed by atoms with Crippen molar-refractivity contribution >= 4 is 15.9 Å². The van der Waals surface area contributed by atoms with Gasteiger partial charge in [0.15, 0.2) is 6.61 Å². The third-order valence-corrected chi connectivity index (χ3v) is 7.18. The molecule has 1 saturated carbocycles. The lowest BCUT2D eigenvalue weighted by Crippen LogP contribution is -2.50. The summed E-state index contributed by atoms with van der Waals surface area (Å²) < 4.78 is 38.5. The lowest BCUT2D eigenvalue weighted by Gasteiger charge is -2.32. The van der Waals surface area contributed by atoms with Crippen LogP contribution in [0.15, 0.2) is 18.2 Å². The molecule has 1 amide bonds. The van der Waals surface area contributed by atoms with Crippen LogP contribution >= 0.6 is 0 Å². The van der Waals surface area contributed by atoms with Crippen LogP contribution in [-0.2, 0) is 19.6 Å². The normalized spacial score (nSPS) is 30.6. The van der Waals surface area contributed by atoms with E-state index in [-0.39, 0.29) is 30.7 Å². The van der Waals surface area contributed by atoms with E-state index in [1.165, 1.54) is 11.1 Å². The Labute approximate surface area is 172 Å². The lowest BCUT2D eigenvalue weighted by molar-refractivity contribution is -0.136. The molecule has 7 nitrogen and oxygen atoms in total. The summed E-state index contributed by atoms with van der Waals surface area (Å²) in [7, 11) is -3.36. The Balaban J connectivity index is 1.61. The van der Waals surface area contributed by atoms with Crippen LogP contribution in [0.2, 0.25) is 0 Å². The number of hydrogen-bond acceptors (Lipinski definition) is 5. The van der Waals surface area contributed by atoms with Crippen molar-refractivity contribution in [3.8, 4) is 5.75 Å². The SMILES string of the molecule is Cc1cccc2c1[C@H]1CC[C@H](CC1)OC[C@H]1[C@@H](NS(C)(=O)=O)CCN1C(=O)CO2. The average Bonchev–Trinajstić information content (AvgIpc) is 3.05. The number of rotatable bonds is 2. The fourth-order valence-corrected chi connectivity index (χ4v) is 5.88. The van der Waals surface area contributed by atoms with Gasteiger partial charge in [-0.25, -0.2) is 13.1 Å². The van der Waals surface area contributed by atoms with E-state index in [1.807, 2.05) is 12.1 Å². The van der Waals surface area contributed by atoms with Crippen LogP contribution in [0.25, 0.3) is 0 Å². The molecule has 0 radical (unpaired) electrons. The van der Waals surface area contributed by atoms with E-state index in [0.717, 1.165) is 37.7 Å². The molecule has 2 fully saturated rings. The zero-order chi connectivity index (χ0) is 20.6. The van der Waals surface area contributed by atoms with Crippen LogP contribution in [0.1, 0.15) is 49.1 Å². The average molecular weight is 423 g/mol. The highest BCUT2D eigenvalue weighted by Crippen LogP contribution is 2.40. The standard InChI is InChI=1S/C21H30N2O5S/c1-14-4-3-5-19-21(14)15-6-8-16(9-7-15)27-12-18-17(22-29(2,25)26)10-11-23(18)20(24)13-28-19/h3-5,15-18,22H,6-13H2,1-2H3/t15-,16+,17-,18-/m0/s1. The summed E-state index contributed by atoms with van der Waals surface area (Å²) in [6.45, 7) is 2.90. The predicted octanol–water partition coefficient (Wildman–Crippen LogP) is 1.95. The van der Waals surface area contributed by atoms with Gasteiger partial charge in [0.25, 0.3) is 5.91 Å². The molecule has 4 aliphatic rings. The summed E-state index contributed by atoms with van der Waals surface area (Å²) in [6.07, 6.45) is 5.86. The third-order valence-electron chi connectivity index (χ3n) is 6.45. The van der Waals surface area contributed by atoms with E-state index in [2.05, 4.69) is 17.7 Å². The Morgan fingerprint density at radius 3 is 2.62 bits per heavy atom. The minimum absolute atomic E-state index is 0.0469. The van der Waals surface area contributed by atoms with Gasteiger partial charge < -0.3 is 14.4 Å². The second-order valence-electron chi connectivity index (χ2n) is 8.52. The van der Waals surface area contributed by atoms with Gasteiger partial charge in [-0.2, -0.15) is 0 Å². The molecule has 0 spiro atoms. The van der Waals surface area contributed by atoms with Gasteiger partial charge in [0.1, 0.15) is 5.75 Å².